The third-order valence-electron chi connectivity index (χ3n) is 3.30. The van der Waals surface area contributed by atoms with Crippen molar-refractivity contribution in [2.24, 2.45) is 5.41 Å². The van der Waals surface area contributed by atoms with Crippen LogP contribution in [0.2, 0.25) is 0 Å². The Kier molecular flexibility index (Phi) is 3.80. The number of hydrogen-bond donors (Lipinski definition) is 1. The molecule has 4 nitrogen and oxygen atoms in total. The van der Waals surface area contributed by atoms with Crippen molar-refractivity contribution in [3.8, 4) is 0 Å². The molecule has 0 aliphatic carbocycles. The summed E-state index contributed by atoms with van der Waals surface area (Å²) in [5, 5.41) is 0. The Morgan fingerprint density at radius 1 is 1.32 bits per heavy atom. The number of nitrogen functional groups attached to an aromatic ring is 1. The van der Waals surface area contributed by atoms with Gasteiger partial charge in [-0.2, -0.15) is 0 Å². The summed E-state index contributed by atoms with van der Waals surface area (Å²) in [5.41, 5.74) is 7.15. The number of carbonyl (C=O) groups is 1. The van der Waals surface area contributed by atoms with Crippen LogP contribution in [0.3, 0.4) is 0 Å². The first-order chi connectivity index (χ1) is 8.88. The minimum Gasteiger partial charge on any atom is -0.399 e. The second-order valence-corrected chi connectivity index (χ2v) is 6.03. The number of benzene rings is 1. The lowest BCUT2D eigenvalue weighted by Crippen LogP contribution is -2.46. The Labute approximate surface area is 114 Å². The van der Waals surface area contributed by atoms with E-state index < -0.39 is 0 Å². The van der Waals surface area contributed by atoms with Gasteiger partial charge in [0.05, 0.1) is 13.2 Å². The van der Waals surface area contributed by atoms with Crippen molar-refractivity contribution in [2.75, 3.05) is 25.4 Å². The highest BCUT2D eigenvalue weighted by atomic mass is 16.5. The molecule has 0 bridgehead atoms. The molecule has 1 aliphatic rings. The highest BCUT2D eigenvalue weighted by molar-refractivity contribution is 5.81. The largest absolute Gasteiger partial charge is 0.399 e. The lowest BCUT2D eigenvalue weighted by atomic mass is 9.94. The van der Waals surface area contributed by atoms with Crippen molar-refractivity contribution in [2.45, 2.75) is 26.9 Å². The number of nitrogens with two attached hydrogens (primary N) is 1. The van der Waals surface area contributed by atoms with Gasteiger partial charge in [0.25, 0.3) is 0 Å². The fraction of sp³-hybridized carbons (Fsp3) is 0.533. The maximum atomic E-state index is 12.3. The molecule has 0 saturated carbocycles. The van der Waals surface area contributed by atoms with Gasteiger partial charge in [-0.3, -0.25) is 4.79 Å². The zero-order chi connectivity index (χ0) is 14.0. The van der Waals surface area contributed by atoms with Gasteiger partial charge in [0.2, 0.25) is 5.91 Å². The number of anilines is 1. The molecule has 1 atom stereocenters. The molecule has 2 N–H and O–H groups in total. The molecule has 0 aromatic heterocycles. The van der Waals surface area contributed by atoms with Gasteiger partial charge in [-0.15, -0.1) is 0 Å². The fourth-order valence-electron chi connectivity index (χ4n) is 2.22. The first-order valence-corrected chi connectivity index (χ1v) is 6.64. The molecule has 4 heteroatoms. The predicted molar refractivity (Wildman–Crippen MR) is 75.6 cm³/mol. The Balaban J connectivity index is 2.09. The van der Waals surface area contributed by atoms with Crippen LogP contribution < -0.4 is 5.73 Å². The Morgan fingerprint density at radius 3 is 2.53 bits per heavy atom. The number of hydrogen-bond acceptors (Lipinski definition) is 3. The van der Waals surface area contributed by atoms with Gasteiger partial charge in [-0.25, -0.2) is 0 Å². The summed E-state index contributed by atoms with van der Waals surface area (Å²) in [5.74, 6) is 0.177. The van der Waals surface area contributed by atoms with Crippen LogP contribution in [0.1, 0.15) is 32.4 Å². The summed E-state index contributed by atoms with van der Waals surface area (Å²) in [7, 11) is 0. The molecule has 0 radical (unpaired) electrons. The van der Waals surface area contributed by atoms with Gasteiger partial charge in [0.15, 0.2) is 0 Å². The smallest absolute Gasteiger partial charge is 0.228 e. The Morgan fingerprint density at radius 2 is 1.95 bits per heavy atom. The molecule has 0 spiro atoms. The molecule has 1 unspecified atom stereocenters. The van der Waals surface area contributed by atoms with E-state index in [1.807, 2.05) is 49.9 Å². The van der Waals surface area contributed by atoms with Crippen LogP contribution in [0.25, 0.3) is 0 Å². The Bertz CT molecular complexity index is 448. The molecule has 1 amide bonds. The number of carbonyl (C=O) groups excluding carboxylic acids is 1. The number of rotatable bonds is 1. The van der Waals surface area contributed by atoms with Gasteiger partial charge >= 0.3 is 0 Å². The second-order valence-electron chi connectivity index (χ2n) is 6.03. The van der Waals surface area contributed by atoms with Crippen LogP contribution in [0.5, 0.6) is 0 Å². The number of amides is 1. The second kappa shape index (κ2) is 5.21. The van der Waals surface area contributed by atoms with Crippen molar-refractivity contribution >= 4 is 11.6 Å². The molecule has 19 heavy (non-hydrogen) atoms. The zero-order valence-electron chi connectivity index (χ0n) is 11.8. The van der Waals surface area contributed by atoms with Crippen molar-refractivity contribution in [1.82, 2.24) is 4.90 Å². The zero-order valence-corrected chi connectivity index (χ0v) is 11.8. The van der Waals surface area contributed by atoms with E-state index in [2.05, 4.69) is 0 Å². The van der Waals surface area contributed by atoms with Crippen molar-refractivity contribution in [3.63, 3.8) is 0 Å². The standard InChI is InChI=1S/C15H22N2O2/c1-15(2,3)14(18)17-8-9-19-13(10-17)11-4-6-12(16)7-5-11/h4-7,13H,8-10,16H2,1-3H3. The molecule has 1 aromatic rings. The fourth-order valence-corrected chi connectivity index (χ4v) is 2.22. The van der Waals surface area contributed by atoms with E-state index in [0.29, 0.717) is 19.7 Å². The molecule has 104 valence electrons. The summed E-state index contributed by atoms with van der Waals surface area (Å²) in [4.78, 5) is 14.2. The van der Waals surface area contributed by atoms with Crippen LogP contribution in [0.4, 0.5) is 5.69 Å². The van der Waals surface area contributed by atoms with Crippen molar-refractivity contribution in [1.29, 1.82) is 0 Å². The average molecular weight is 262 g/mol. The van der Waals surface area contributed by atoms with E-state index in [9.17, 15) is 4.79 Å². The quantitative estimate of drug-likeness (QED) is 0.789. The minimum absolute atomic E-state index is 0.0550. The van der Waals surface area contributed by atoms with Crippen LogP contribution in [0.15, 0.2) is 24.3 Å². The summed E-state index contributed by atoms with van der Waals surface area (Å²) in [6, 6.07) is 7.66. The van der Waals surface area contributed by atoms with Gasteiger partial charge in [0, 0.05) is 17.6 Å². The van der Waals surface area contributed by atoms with Crippen LogP contribution in [0, 0.1) is 5.41 Å². The van der Waals surface area contributed by atoms with Crippen LogP contribution >= 0.6 is 0 Å². The van der Waals surface area contributed by atoms with Gasteiger partial charge in [-0.1, -0.05) is 32.9 Å². The minimum atomic E-state index is -0.344. The lowest BCUT2D eigenvalue weighted by Gasteiger charge is -2.36. The highest BCUT2D eigenvalue weighted by Gasteiger charge is 2.31. The molecule has 1 aromatic carbocycles. The predicted octanol–water partition coefficient (Wildman–Crippen LogP) is 2.21. The Hall–Kier alpha value is -1.55. The molecular weight excluding hydrogens is 240 g/mol. The monoisotopic (exact) mass is 262 g/mol. The first kappa shape index (κ1) is 13.9. The maximum absolute atomic E-state index is 12.3. The third kappa shape index (κ3) is 3.26. The maximum Gasteiger partial charge on any atom is 0.228 e. The van der Waals surface area contributed by atoms with E-state index in [1.165, 1.54) is 0 Å². The van der Waals surface area contributed by atoms with E-state index in [4.69, 9.17) is 10.5 Å². The molecule has 1 saturated heterocycles. The van der Waals surface area contributed by atoms with Crippen molar-refractivity contribution < 1.29 is 9.53 Å². The SMILES string of the molecule is CC(C)(C)C(=O)N1CCOC(c2ccc(N)cc2)C1. The third-order valence-corrected chi connectivity index (χ3v) is 3.30. The topological polar surface area (TPSA) is 55.6 Å². The molecule has 1 fully saturated rings. The summed E-state index contributed by atoms with van der Waals surface area (Å²) >= 11 is 0. The summed E-state index contributed by atoms with van der Waals surface area (Å²) in [6.07, 6.45) is -0.0550. The van der Waals surface area contributed by atoms with E-state index in [1.54, 1.807) is 0 Å². The van der Waals surface area contributed by atoms with E-state index >= 15 is 0 Å². The molecule has 1 aliphatic heterocycles. The summed E-state index contributed by atoms with van der Waals surface area (Å²) < 4.78 is 5.76. The van der Waals surface area contributed by atoms with Gasteiger partial charge in [0.1, 0.15) is 6.10 Å². The molecule has 2 rings (SSSR count). The van der Waals surface area contributed by atoms with Gasteiger partial charge < -0.3 is 15.4 Å². The number of nitrogens with zero attached hydrogens (tertiary/aromatic N) is 1. The highest BCUT2D eigenvalue weighted by Crippen LogP contribution is 2.26. The lowest BCUT2D eigenvalue weighted by molar-refractivity contribution is -0.147. The van der Waals surface area contributed by atoms with Crippen LogP contribution in [-0.4, -0.2) is 30.5 Å². The number of morpholine rings is 1. The average Bonchev–Trinajstić information content (AvgIpc) is 2.38. The normalized spacial score (nSPS) is 20.4. The summed E-state index contributed by atoms with van der Waals surface area (Å²) in [6.45, 7) is 7.70. The van der Waals surface area contributed by atoms with Gasteiger partial charge in [-0.05, 0) is 17.7 Å². The van der Waals surface area contributed by atoms with E-state index in [0.717, 1.165) is 11.3 Å². The molecule has 1 heterocycles. The van der Waals surface area contributed by atoms with Crippen LogP contribution in [-0.2, 0) is 9.53 Å². The molecular formula is C15H22N2O2. The van der Waals surface area contributed by atoms with E-state index in [-0.39, 0.29) is 17.4 Å². The number of ether oxygens (including phenoxy) is 1. The first-order valence-electron chi connectivity index (χ1n) is 6.64. The van der Waals surface area contributed by atoms with Crippen molar-refractivity contribution in [3.05, 3.63) is 29.8 Å².